The van der Waals surface area contributed by atoms with Crippen molar-refractivity contribution in [2.24, 2.45) is 58.2 Å². The second-order valence-electron chi connectivity index (χ2n) is 13.9. The highest BCUT2D eigenvalue weighted by molar-refractivity contribution is 7.85. The molecule has 0 aromatic heterocycles. The van der Waals surface area contributed by atoms with Crippen LogP contribution >= 0.6 is 0 Å². The molecule has 13 atom stereocenters. The normalized spacial score (nSPS) is 51.7. The van der Waals surface area contributed by atoms with E-state index in [1.165, 1.54) is 0 Å². The maximum absolute atomic E-state index is 12.3. The van der Waals surface area contributed by atoms with Crippen LogP contribution in [0.4, 0.5) is 0 Å². The number of aliphatic hydroxyl groups excluding tert-OH is 2. The minimum Gasteiger partial charge on any atom is -0.393 e. The van der Waals surface area contributed by atoms with E-state index in [4.69, 9.17) is 0 Å². The Morgan fingerprint density at radius 2 is 1.63 bits per heavy atom. The summed E-state index contributed by atoms with van der Waals surface area (Å²) in [6.45, 7) is 12.9. The van der Waals surface area contributed by atoms with Gasteiger partial charge in [0.15, 0.2) is 0 Å². The molecule has 204 valence electrons. The minimum atomic E-state index is -4.00. The van der Waals surface area contributed by atoms with Crippen LogP contribution in [0.25, 0.3) is 0 Å². The highest BCUT2D eigenvalue weighted by Crippen LogP contribution is 2.71. The molecule has 35 heavy (non-hydrogen) atoms. The monoisotopic (exact) mass is 514 g/mol. The first-order chi connectivity index (χ1) is 16.1. The molecule has 4 saturated carbocycles. The average molecular weight is 515 g/mol. The molecule has 4 fully saturated rings. The number of rotatable bonds is 6. The first kappa shape index (κ1) is 27.8. The largest absolute Gasteiger partial charge is 0.393 e. The van der Waals surface area contributed by atoms with Crippen molar-refractivity contribution in [3.63, 3.8) is 0 Å². The minimum absolute atomic E-state index is 0.0167. The van der Waals surface area contributed by atoms with Gasteiger partial charge in [-0.1, -0.05) is 41.0 Å². The number of hydrogen-bond acceptors (Lipinski definition) is 5. The molecule has 0 amide bonds. The Balaban J connectivity index is 1.66. The van der Waals surface area contributed by atoms with Gasteiger partial charge in [0.1, 0.15) is 0 Å². The third kappa shape index (κ3) is 4.43. The first-order valence-corrected chi connectivity index (χ1v) is 15.7. The molecule has 3 unspecified atom stereocenters. The van der Waals surface area contributed by atoms with E-state index in [-0.39, 0.29) is 70.0 Å². The van der Waals surface area contributed by atoms with Gasteiger partial charge in [-0.25, -0.2) is 0 Å². The van der Waals surface area contributed by atoms with Gasteiger partial charge in [0, 0.05) is 0 Å². The zero-order valence-corrected chi connectivity index (χ0v) is 23.5. The molecule has 0 saturated heterocycles. The van der Waals surface area contributed by atoms with Gasteiger partial charge in [0.05, 0.1) is 23.6 Å². The fourth-order valence-electron chi connectivity index (χ4n) is 10.6. The average Bonchev–Trinajstić information content (AvgIpc) is 3.07. The predicted molar refractivity (Wildman–Crippen MR) is 137 cm³/mol. The van der Waals surface area contributed by atoms with Gasteiger partial charge < -0.3 is 15.3 Å². The van der Waals surface area contributed by atoms with E-state index in [0.29, 0.717) is 12.8 Å². The lowest BCUT2D eigenvalue weighted by Gasteiger charge is -2.68. The summed E-state index contributed by atoms with van der Waals surface area (Å²) in [5.41, 5.74) is -1.15. The molecule has 4 aliphatic carbocycles. The topological polar surface area (TPSA) is 115 Å². The molecular weight excluding hydrogens is 464 g/mol. The van der Waals surface area contributed by atoms with Crippen molar-refractivity contribution in [2.45, 2.75) is 111 Å². The summed E-state index contributed by atoms with van der Waals surface area (Å²) in [6.07, 6.45) is 5.98. The lowest BCUT2D eigenvalue weighted by atomic mass is 9.38. The van der Waals surface area contributed by atoms with Crippen molar-refractivity contribution in [1.29, 1.82) is 0 Å². The van der Waals surface area contributed by atoms with Gasteiger partial charge >= 0.3 is 0 Å². The third-order valence-electron chi connectivity index (χ3n) is 12.0. The van der Waals surface area contributed by atoms with Crippen molar-refractivity contribution in [1.82, 2.24) is 0 Å². The highest BCUT2D eigenvalue weighted by Gasteiger charge is 2.70. The predicted octanol–water partition coefficient (Wildman–Crippen LogP) is 4.52. The second-order valence-corrected chi connectivity index (χ2v) is 15.4. The summed E-state index contributed by atoms with van der Waals surface area (Å²) >= 11 is 0. The quantitative estimate of drug-likeness (QED) is 0.387. The van der Waals surface area contributed by atoms with Crippen LogP contribution in [0.1, 0.15) is 92.9 Å². The van der Waals surface area contributed by atoms with Gasteiger partial charge in [-0.3, -0.25) is 4.55 Å². The van der Waals surface area contributed by atoms with Crippen molar-refractivity contribution in [2.75, 3.05) is 5.75 Å². The number of aliphatic hydroxyl groups is 3. The zero-order valence-electron chi connectivity index (χ0n) is 22.7. The van der Waals surface area contributed by atoms with E-state index in [1.54, 1.807) is 0 Å². The van der Waals surface area contributed by atoms with Crippen LogP contribution in [0, 0.1) is 58.2 Å². The Hall–Kier alpha value is -0.210. The van der Waals surface area contributed by atoms with E-state index in [2.05, 4.69) is 27.7 Å². The van der Waals surface area contributed by atoms with E-state index in [1.807, 2.05) is 13.8 Å². The molecule has 4 N–H and O–H groups in total. The van der Waals surface area contributed by atoms with Crippen molar-refractivity contribution in [3.05, 3.63) is 0 Å². The maximum atomic E-state index is 12.3. The summed E-state index contributed by atoms with van der Waals surface area (Å²) in [5.74, 6) is 1.06. The van der Waals surface area contributed by atoms with Crippen LogP contribution in [0.15, 0.2) is 0 Å². The van der Waals surface area contributed by atoms with Crippen molar-refractivity contribution >= 4 is 10.1 Å². The maximum Gasteiger partial charge on any atom is 0.265 e. The Morgan fingerprint density at radius 3 is 2.23 bits per heavy atom. The molecule has 7 heteroatoms. The molecule has 0 aromatic rings. The van der Waals surface area contributed by atoms with Crippen LogP contribution < -0.4 is 0 Å². The van der Waals surface area contributed by atoms with Gasteiger partial charge in [0.2, 0.25) is 0 Å². The Morgan fingerprint density at radius 1 is 0.971 bits per heavy atom. The summed E-state index contributed by atoms with van der Waals surface area (Å²) in [7, 11) is -4.00. The second kappa shape index (κ2) is 9.21. The van der Waals surface area contributed by atoms with Crippen LogP contribution in [-0.4, -0.2) is 51.9 Å². The van der Waals surface area contributed by atoms with Crippen LogP contribution in [0.2, 0.25) is 0 Å². The lowest BCUT2D eigenvalue weighted by Crippen LogP contribution is -2.69. The molecule has 0 bridgehead atoms. The fraction of sp³-hybridized carbons (Fsp3) is 1.00. The first-order valence-electron chi connectivity index (χ1n) is 14.1. The Bertz CT molecular complexity index is 888. The number of fused-ring (bicyclic) bond motifs is 5. The van der Waals surface area contributed by atoms with Gasteiger partial charge in [-0.05, 0) is 110 Å². The molecule has 0 radical (unpaired) electrons. The van der Waals surface area contributed by atoms with Gasteiger partial charge in [0.25, 0.3) is 10.1 Å². The van der Waals surface area contributed by atoms with E-state index in [0.717, 1.165) is 38.5 Å². The lowest BCUT2D eigenvalue weighted by molar-refractivity contribution is -0.263. The molecule has 6 nitrogen and oxygen atoms in total. The zero-order chi connectivity index (χ0) is 26.1. The van der Waals surface area contributed by atoms with Crippen LogP contribution in [0.5, 0.6) is 0 Å². The Kier molecular flexibility index (Phi) is 7.32. The molecule has 0 heterocycles. The summed E-state index contributed by atoms with van der Waals surface area (Å²) in [5, 5.41) is 34.6. The third-order valence-corrected chi connectivity index (χ3v) is 13.0. The fourth-order valence-corrected chi connectivity index (χ4v) is 11.5. The standard InChI is InChI=1S/C28H50O6S/c1-7-19-22-13-18(29)10-11-26(22,4)23-14-24(30)27(5)20(8-9-21(27)25(23)28(19,6)31)17(3)12-16(2)15-35(32,33)34/h16-25,29-31H,7-15H2,1-6H3,(H,32,33,34)/t16-,17-,18+,19+,20+,21?,22-,23?,24-,25?,26-,27+,28-/m0/s1. The van der Waals surface area contributed by atoms with E-state index < -0.39 is 21.8 Å². The summed E-state index contributed by atoms with van der Waals surface area (Å²) < 4.78 is 32.1. The van der Waals surface area contributed by atoms with Crippen molar-refractivity contribution < 1.29 is 28.3 Å². The highest BCUT2D eigenvalue weighted by atomic mass is 32.2. The molecule has 0 spiro atoms. The van der Waals surface area contributed by atoms with Gasteiger partial charge in [-0.2, -0.15) is 8.42 Å². The Labute approximate surface area is 213 Å². The van der Waals surface area contributed by atoms with Crippen molar-refractivity contribution in [3.8, 4) is 0 Å². The molecule has 0 aromatic carbocycles. The molecular formula is C28H50O6S. The smallest absolute Gasteiger partial charge is 0.265 e. The van der Waals surface area contributed by atoms with E-state index in [9.17, 15) is 28.3 Å². The summed E-state index contributed by atoms with van der Waals surface area (Å²) in [4.78, 5) is 0. The van der Waals surface area contributed by atoms with E-state index >= 15 is 0 Å². The van der Waals surface area contributed by atoms with Crippen LogP contribution in [-0.2, 0) is 10.1 Å². The van der Waals surface area contributed by atoms with Crippen LogP contribution in [0.3, 0.4) is 0 Å². The van der Waals surface area contributed by atoms with Gasteiger partial charge in [-0.15, -0.1) is 0 Å². The molecule has 0 aliphatic heterocycles. The number of hydrogen-bond donors (Lipinski definition) is 4. The summed E-state index contributed by atoms with van der Waals surface area (Å²) in [6, 6.07) is 0. The molecule has 4 rings (SSSR count). The molecule has 4 aliphatic rings. The SMILES string of the molecule is CC[C@@H]1[C@@H]2C[C@H](O)CC[C@]2(C)C2C[C@H](O)[C@@]3(C)C(CC[C@@H]3[C@@H](C)C[C@H](C)CS(=O)(=O)O)C2[C@@]1(C)O.